The van der Waals surface area contributed by atoms with Gasteiger partial charge in [-0.2, -0.15) is 0 Å². The van der Waals surface area contributed by atoms with Gasteiger partial charge in [0.2, 0.25) is 5.91 Å². The zero-order chi connectivity index (χ0) is 9.14. The Morgan fingerprint density at radius 1 is 1.75 bits per heavy atom. The average molecular weight is 171 g/mol. The lowest BCUT2D eigenvalue weighted by molar-refractivity contribution is -0.147. The summed E-state index contributed by atoms with van der Waals surface area (Å²) in [4.78, 5) is 21.3. The molecule has 12 heavy (non-hydrogen) atoms. The van der Waals surface area contributed by atoms with Crippen molar-refractivity contribution in [3.05, 3.63) is 0 Å². The Hall–Kier alpha value is -1.06. The molecule has 68 valence electrons. The molecule has 0 aromatic carbocycles. The van der Waals surface area contributed by atoms with E-state index in [0.717, 1.165) is 6.42 Å². The molecule has 0 aromatic rings. The summed E-state index contributed by atoms with van der Waals surface area (Å²) in [6.45, 7) is 3.16. The summed E-state index contributed by atoms with van der Waals surface area (Å²) in [6, 6.07) is 0.00130. The molecule has 1 heterocycles. The third kappa shape index (κ3) is 2.22. The van der Waals surface area contributed by atoms with Gasteiger partial charge in [0.15, 0.2) is 0 Å². The number of rotatable bonds is 2. The molecule has 1 amide bonds. The van der Waals surface area contributed by atoms with Gasteiger partial charge >= 0.3 is 5.97 Å². The van der Waals surface area contributed by atoms with Crippen LogP contribution in [0.2, 0.25) is 0 Å². The minimum atomic E-state index is -0.302. The lowest BCUT2D eigenvalue weighted by Crippen LogP contribution is -2.37. The van der Waals surface area contributed by atoms with Crippen LogP contribution in [0.5, 0.6) is 0 Å². The number of hydrogen-bond acceptors (Lipinski definition) is 3. The maximum atomic E-state index is 10.8. The molecule has 2 atom stereocenters. The highest BCUT2D eigenvalue weighted by molar-refractivity contribution is 5.78. The molecular formula is C8H13NO3. The Labute approximate surface area is 71.3 Å². The van der Waals surface area contributed by atoms with E-state index in [1.54, 1.807) is 6.92 Å². The van der Waals surface area contributed by atoms with Crippen LogP contribution < -0.4 is 5.32 Å². The molecule has 1 N–H and O–H groups in total. The molecule has 1 rings (SSSR count). The van der Waals surface area contributed by atoms with Crippen molar-refractivity contribution in [1.82, 2.24) is 5.32 Å². The summed E-state index contributed by atoms with van der Waals surface area (Å²) in [7, 11) is 0. The Balaban J connectivity index is 2.37. The maximum Gasteiger partial charge on any atom is 0.302 e. The largest absolute Gasteiger partial charge is 0.461 e. The highest BCUT2D eigenvalue weighted by atomic mass is 16.5. The number of nitrogens with one attached hydrogen (secondary N) is 1. The molecule has 0 spiro atoms. The van der Waals surface area contributed by atoms with Gasteiger partial charge in [-0.1, -0.05) is 0 Å². The van der Waals surface area contributed by atoms with Gasteiger partial charge in [-0.3, -0.25) is 9.59 Å². The predicted molar refractivity (Wildman–Crippen MR) is 42.4 cm³/mol. The Kier molecular flexibility index (Phi) is 2.68. The normalized spacial score (nSPS) is 24.8. The molecular weight excluding hydrogens is 158 g/mol. The molecule has 4 heteroatoms. The maximum absolute atomic E-state index is 10.8. The van der Waals surface area contributed by atoms with E-state index in [2.05, 4.69) is 5.32 Å². The first-order chi connectivity index (χ1) is 5.59. The Bertz CT molecular complexity index is 202. The number of esters is 1. The van der Waals surface area contributed by atoms with Gasteiger partial charge < -0.3 is 10.1 Å². The van der Waals surface area contributed by atoms with E-state index in [9.17, 15) is 9.59 Å². The minimum Gasteiger partial charge on any atom is -0.461 e. The molecule has 1 fully saturated rings. The molecule has 2 unspecified atom stereocenters. The van der Waals surface area contributed by atoms with Gasteiger partial charge in [0.1, 0.15) is 6.10 Å². The fraction of sp³-hybridized carbons (Fsp3) is 0.750. The fourth-order valence-electron chi connectivity index (χ4n) is 1.33. The van der Waals surface area contributed by atoms with E-state index in [1.807, 2.05) is 0 Å². The van der Waals surface area contributed by atoms with Crippen molar-refractivity contribution in [3.63, 3.8) is 0 Å². The highest BCUT2D eigenvalue weighted by Gasteiger charge is 2.27. The quantitative estimate of drug-likeness (QED) is 0.604. The van der Waals surface area contributed by atoms with Gasteiger partial charge in [0, 0.05) is 13.3 Å². The van der Waals surface area contributed by atoms with E-state index >= 15 is 0 Å². The number of carbonyl (C=O) groups is 2. The van der Waals surface area contributed by atoms with Crippen LogP contribution in [-0.2, 0) is 14.3 Å². The molecule has 0 bridgehead atoms. The zero-order valence-electron chi connectivity index (χ0n) is 7.29. The molecule has 0 aromatic heterocycles. The highest BCUT2D eigenvalue weighted by Crippen LogP contribution is 2.12. The van der Waals surface area contributed by atoms with E-state index in [0.29, 0.717) is 6.42 Å². The smallest absolute Gasteiger partial charge is 0.302 e. The molecule has 4 nitrogen and oxygen atoms in total. The van der Waals surface area contributed by atoms with Crippen molar-refractivity contribution in [2.75, 3.05) is 0 Å². The number of amides is 1. The van der Waals surface area contributed by atoms with Gasteiger partial charge in [-0.25, -0.2) is 0 Å². The first-order valence-electron chi connectivity index (χ1n) is 4.06. The van der Waals surface area contributed by atoms with Crippen LogP contribution in [0.4, 0.5) is 0 Å². The standard InChI is InChI=1S/C8H13NO3/c1-5(12-6(2)10)7-3-4-8(11)9-7/h5,7H,3-4H2,1-2H3,(H,9,11). The van der Waals surface area contributed by atoms with Crippen molar-refractivity contribution in [2.45, 2.75) is 38.8 Å². The molecule has 1 saturated heterocycles. The van der Waals surface area contributed by atoms with Gasteiger partial charge in [-0.15, -0.1) is 0 Å². The minimum absolute atomic E-state index is 0.00130. The third-order valence-electron chi connectivity index (χ3n) is 1.95. The lowest BCUT2D eigenvalue weighted by Gasteiger charge is -2.18. The second-order valence-corrected chi connectivity index (χ2v) is 3.03. The third-order valence-corrected chi connectivity index (χ3v) is 1.95. The summed E-state index contributed by atoms with van der Waals surface area (Å²) >= 11 is 0. The van der Waals surface area contributed by atoms with Gasteiger partial charge in [-0.05, 0) is 13.3 Å². The fourth-order valence-corrected chi connectivity index (χ4v) is 1.33. The van der Waals surface area contributed by atoms with Gasteiger partial charge in [0.05, 0.1) is 6.04 Å². The van der Waals surface area contributed by atoms with Crippen LogP contribution in [0.1, 0.15) is 26.7 Å². The predicted octanol–water partition coefficient (Wildman–Crippen LogP) is 0.217. The summed E-state index contributed by atoms with van der Waals surface area (Å²) in [6.07, 6.45) is 1.08. The van der Waals surface area contributed by atoms with Gasteiger partial charge in [0.25, 0.3) is 0 Å². The summed E-state index contributed by atoms with van der Waals surface area (Å²) in [5.41, 5.74) is 0. The van der Waals surface area contributed by atoms with Crippen LogP contribution in [-0.4, -0.2) is 24.0 Å². The Morgan fingerprint density at radius 2 is 2.42 bits per heavy atom. The number of ether oxygens (including phenoxy) is 1. The SMILES string of the molecule is CC(=O)OC(C)C1CCC(=O)N1. The second-order valence-electron chi connectivity index (χ2n) is 3.03. The van der Waals surface area contributed by atoms with E-state index in [4.69, 9.17) is 4.74 Å². The van der Waals surface area contributed by atoms with E-state index in [1.165, 1.54) is 6.92 Å². The molecule has 0 radical (unpaired) electrons. The number of hydrogen-bond donors (Lipinski definition) is 1. The molecule has 1 aliphatic rings. The first-order valence-corrected chi connectivity index (χ1v) is 4.06. The number of carbonyl (C=O) groups excluding carboxylic acids is 2. The molecule has 0 aliphatic carbocycles. The van der Waals surface area contributed by atoms with Crippen molar-refractivity contribution < 1.29 is 14.3 Å². The van der Waals surface area contributed by atoms with Crippen LogP contribution in [0.3, 0.4) is 0 Å². The summed E-state index contributed by atoms with van der Waals surface area (Å²) in [5.74, 6) is -0.261. The van der Waals surface area contributed by atoms with Crippen LogP contribution in [0.25, 0.3) is 0 Å². The van der Waals surface area contributed by atoms with Crippen LogP contribution in [0.15, 0.2) is 0 Å². The molecule has 1 aliphatic heterocycles. The summed E-state index contributed by atoms with van der Waals surface area (Å²) < 4.78 is 4.93. The van der Waals surface area contributed by atoms with Crippen molar-refractivity contribution in [2.24, 2.45) is 0 Å². The Morgan fingerprint density at radius 3 is 2.83 bits per heavy atom. The first kappa shape index (κ1) is 9.03. The van der Waals surface area contributed by atoms with Crippen LogP contribution in [0, 0.1) is 0 Å². The van der Waals surface area contributed by atoms with Crippen molar-refractivity contribution in [3.8, 4) is 0 Å². The monoisotopic (exact) mass is 171 g/mol. The van der Waals surface area contributed by atoms with E-state index in [-0.39, 0.29) is 24.0 Å². The second kappa shape index (κ2) is 3.56. The van der Waals surface area contributed by atoms with E-state index < -0.39 is 0 Å². The average Bonchev–Trinajstić information content (AvgIpc) is 2.34. The van der Waals surface area contributed by atoms with Crippen molar-refractivity contribution >= 4 is 11.9 Å². The summed E-state index contributed by atoms with van der Waals surface area (Å²) in [5, 5.41) is 2.74. The topological polar surface area (TPSA) is 55.4 Å². The molecule has 0 saturated carbocycles. The van der Waals surface area contributed by atoms with Crippen molar-refractivity contribution in [1.29, 1.82) is 0 Å². The van der Waals surface area contributed by atoms with Crippen LogP contribution >= 0.6 is 0 Å². The zero-order valence-corrected chi connectivity index (χ0v) is 7.29. The lowest BCUT2D eigenvalue weighted by atomic mass is 10.1.